The van der Waals surface area contributed by atoms with Gasteiger partial charge in [0.1, 0.15) is 10.0 Å². The summed E-state index contributed by atoms with van der Waals surface area (Å²) in [6.45, 7) is 9.42. The first kappa shape index (κ1) is 27.5. The number of rotatable bonds is 6. The summed E-state index contributed by atoms with van der Waals surface area (Å²) in [6, 6.07) is 14.9. The largest absolute Gasteiger partial charge is 0.313 e. The highest BCUT2D eigenvalue weighted by molar-refractivity contribution is 7.89. The van der Waals surface area contributed by atoms with E-state index in [0.717, 1.165) is 58.1 Å². The molecule has 1 N–H and O–H groups in total. The second-order valence-electron chi connectivity index (χ2n) is 11.1. The van der Waals surface area contributed by atoms with Gasteiger partial charge >= 0.3 is 0 Å². The molecule has 2 aromatic heterocycles. The molecule has 0 unspecified atom stereocenters. The number of nitrogens with one attached hydrogen (secondary N) is 1. The number of carbonyl (C=O) groups is 1. The zero-order valence-electron chi connectivity index (χ0n) is 23.0. The summed E-state index contributed by atoms with van der Waals surface area (Å²) in [5, 5.41) is 4.89. The number of fused-ring (bicyclic) bond motifs is 2. The van der Waals surface area contributed by atoms with E-state index < -0.39 is 10.0 Å². The van der Waals surface area contributed by atoms with Crippen LogP contribution in [0.25, 0.3) is 20.8 Å². The normalized spacial score (nSPS) is 18.8. The topological polar surface area (TPSA) is 82.6 Å². The fourth-order valence-corrected chi connectivity index (χ4v) is 9.60. The predicted octanol–water partition coefficient (Wildman–Crippen LogP) is 6.46. The van der Waals surface area contributed by atoms with Gasteiger partial charge in [-0.05, 0) is 81.0 Å². The highest BCUT2D eigenvalue weighted by Gasteiger charge is 2.30. The molecule has 4 aromatic rings. The van der Waals surface area contributed by atoms with Crippen LogP contribution in [-0.4, -0.2) is 54.2 Å². The number of anilines is 1. The summed E-state index contributed by atoms with van der Waals surface area (Å²) in [7, 11) is -3.57. The van der Waals surface area contributed by atoms with Crippen LogP contribution in [0.3, 0.4) is 0 Å². The van der Waals surface area contributed by atoms with Gasteiger partial charge in [0.25, 0.3) is 5.91 Å². The number of amides is 1. The molecule has 0 bridgehead atoms. The number of benzene rings is 2. The second kappa shape index (κ2) is 11.0. The van der Waals surface area contributed by atoms with Crippen LogP contribution in [0.1, 0.15) is 54.4 Å². The SMILES string of the molecule is CC(C)N1CCc2c(sc(NC(=O)c3ccc(S(=O)(=O)N4CCC[C@@H](C)C4)cc3)c2-c2nc3ccccc3s2)C1. The van der Waals surface area contributed by atoms with Crippen molar-refractivity contribution in [2.45, 2.75) is 57.5 Å². The Bertz CT molecular complexity index is 1620. The monoisotopic (exact) mass is 594 g/mol. The van der Waals surface area contributed by atoms with Gasteiger partial charge in [0.2, 0.25) is 10.0 Å². The second-order valence-corrected chi connectivity index (χ2v) is 15.2. The number of hydrogen-bond acceptors (Lipinski definition) is 7. The number of thiazole rings is 1. The van der Waals surface area contributed by atoms with Crippen molar-refractivity contribution in [3.05, 3.63) is 64.5 Å². The van der Waals surface area contributed by atoms with Gasteiger partial charge in [-0.3, -0.25) is 9.69 Å². The van der Waals surface area contributed by atoms with Crippen molar-refractivity contribution in [1.29, 1.82) is 0 Å². The van der Waals surface area contributed by atoms with Crippen molar-refractivity contribution in [2.24, 2.45) is 5.92 Å². The molecule has 10 heteroatoms. The Balaban J connectivity index is 1.30. The number of hydrogen-bond donors (Lipinski definition) is 1. The first-order valence-electron chi connectivity index (χ1n) is 13.9. The standard InChI is InChI=1S/C30H34N4O3S3/c1-19(2)33-16-14-23-26(18-33)39-30(27(23)29-31-24-8-4-5-9-25(24)38-29)32-28(35)21-10-12-22(13-11-21)40(36,37)34-15-6-7-20(3)17-34/h4-5,8-13,19-20H,6-7,14-18H2,1-3H3,(H,32,35)/t20-/m1/s1. The molecule has 2 aromatic carbocycles. The summed E-state index contributed by atoms with van der Waals surface area (Å²) in [6.07, 6.45) is 2.83. The minimum atomic E-state index is -3.57. The van der Waals surface area contributed by atoms with E-state index in [1.165, 1.54) is 10.4 Å². The number of nitrogens with zero attached hydrogens (tertiary/aromatic N) is 3. The van der Waals surface area contributed by atoms with Gasteiger partial charge in [-0.25, -0.2) is 13.4 Å². The Morgan fingerprint density at radius 1 is 1.07 bits per heavy atom. The Hall–Kier alpha value is -2.63. The molecule has 210 valence electrons. The lowest BCUT2D eigenvalue weighted by Gasteiger charge is -2.30. The third-order valence-corrected chi connectivity index (χ3v) is 12.0. The predicted molar refractivity (Wildman–Crippen MR) is 164 cm³/mol. The molecule has 1 amide bonds. The van der Waals surface area contributed by atoms with E-state index in [1.54, 1.807) is 51.2 Å². The molecule has 0 spiro atoms. The first-order chi connectivity index (χ1) is 19.2. The molecule has 1 atom stereocenters. The molecule has 2 aliphatic heterocycles. The van der Waals surface area contributed by atoms with Crippen LogP contribution in [0.4, 0.5) is 5.00 Å². The Kier molecular flexibility index (Phi) is 7.56. The summed E-state index contributed by atoms with van der Waals surface area (Å²) < 4.78 is 29.1. The number of sulfonamides is 1. The molecule has 0 saturated carbocycles. The Morgan fingerprint density at radius 3 is 2.58 bits per heavy atom. The molecule has 1 saturated heterocycles. The van der Waals surface area contributed by atoms with Crippen molar-refractivity contribution in [3.63, 3.8) is 0 Å². The van der Waals surface area contributed by atoms with Crippen LogP contribution >= 0.6 is 22.7 Å². The van der Waals surface area contributed by atoms with Crippen LogP contribution in [-0.2, 0) is 23.0 Å². The molecular formula is C30H34N4O3S3. The zero-order chi connectivity index (χ0) is 28.0. The van der Waals surface area contributed by atoms with Crippen molar-refractivity contribution in [1.82, 2.24) is 14.2 Å². The van der Waals surface area contributed by atoms with Gasteiger partial charge in [0.15, 0.2) is 0 Å². The van der Waals surface area contributed by atoms with Gasteiger partial charge < -0.3 is 5.32 Å². The van der Waals surface area contributed by atoms with Gasteiger partial charge in [0.05, 0.1) is 15.1 Å². The molecule has 0 radical (unpaired) electrons. The molecule has 6 rings (SSSR count). The van der Waals surface area contributed by atoms with Crippen LogP contribution in [0.15, 0.2) is 53.4 Å². The minimum absolute atomic E-state index is 0.230. The molecule has 2 aliphatic rings. The van der Waals surface area contributed by atoms with E-state index in [1.807, 2.05) is 18.2 Å². The molecule has 1 fully saturated rings. The maximum Gasteiger partial charge on any atom is 0.256 e. The summed E-state index contributed by atoms with van der Waals surface area (Å²) >= 11 is 3.28. The maximum atomic E-state index is 13.5. The summed E-state index contributed by atoms with van der Waals surface area (Å²) in [4.78, 5) is 22.4. The number of thiophene rings is 1. The molecule has 7 nitrogen and oxygen atoms in total. The number of carbonyl (C=O) groups excluding carboxylic acids is 1. The average Bonchev–Trinajstić information content (AvgIpc) is 3.53. The van der Waals surface area contributed by atoms with Gasteiger partial charge in [-0.15, -0.1) is 22.7 Å². The molecule has 40 heavy (non-hydrogen) atoms. The smallest absolute Gasteiger partial charge is 0.256 e. The van der Waals surface area contributed by atoms with E-state index in [4.69, 9.17) is 4.98 Å². The van der Waals surface area contributed by atoms with Crippen molar-refractivity contribution < 1.29 is 13.2 Å². The van der Waals surface area contributed by atoms with Gasteiger partial charge in [-0.1, -0.05) is 19.1 Å². The van der Waals surface area contributed by atoms with Crippen molar-refractivity contribution in [3.8, 4) is 10.6 Å². The van der Waals surface area contributed by atoms with E-state index >= 15 is 0 Å². The number of para-hydroxylation sites is 1. The van der Waals surface area contributed by atoms with Gasteiger partial charge in [-0.2, -0.15) is 4.31 Å². The average molecular weight is 595 g/mol. The molecule has 0 aliphatic carbocycles. The quantitative estimate of drug-likeness (QED) is 0.277. The van der Waals surface area contributed by atoms with E-state index in [0.29, 0.717) is 30.6 Å². The lowest BCUT2D eigenvalue weighted by Crippen LogP contribution is -2.39. The highest BCUT2D eigenvalue weighted by Crippen LogP contribution is 2.46. The van der Waals surface area contributed by atoms with Crippen LogP contribution in [0.5, 0.6) is 0 Å². The summed E-state index contributed by atoms with van der Waals surface area (Å²) in [5.74, 6) is 0.0969. The number of piperidine rings is 1. The fraction of sp³-hybridized carbons (Fsp3) is 0.400. The lowest BCUT2D eigenvalue weighted by molar-refractivity contribution is 0.102. The Labute approximate surface area is 243 Å². The Morgan fingerprint density at radius 2 is 1.85 bits per heavy atom. The van der Waals surface area contributed by atoms with E-state index in [9.17, 15) is 13.2 Å². The maximum absolute atomic E-state index is 13.5. The minimum Gasteiger partial charge on any atom is -0.313 e. The van der Waals surface area contributed by atoms with Crippen LogP contribution < -0.4 is 5.32 Å². The highest BCUT2D eigenvalue weighted by atomic mass is 32.2. The van der Waals surface area contributed by atoms with E-state index in [2.05, 4.69) is 37.1 Å². The molecule has 4 heterocycles. The third kappa shape index (κ3) is 5.23. The van der Waals surface area contributed by atoms with E-state index in [-0.39, 0.29) is 10.8 Å². The summed E-state index contributed by atoms with van der Waals surface area (Å²) in [5.41, 5.74) is 3.68. The van der Waals surface area contributed by atoms with Crippen LogP contribution in [0.2, 0.25) is 0 Å². The van der Waals surface area contributed by atoms with Crippen molar-refractivity contribution >= 4 is 53.8 Å². The van der Waals surface area contributed by atoms with Gasteiger partial charge in [0, 0.05) is 48.2 Å². The lowest BCUT2D eigenvalue weighted by atomic mass is 10.0. The third-order valence-electron chi connectivity index (χ3n) is 7.93. The molecular weight excluding hydrogens is 561 g/mol. The fourth-order valence-electron chi connectivity index (χ4n) is 5.62. The van der Waals surface area contributed by atoms with Crippen molar-refractivity contribution in [2.75, 3.05) is 25.0 Å². The van der Waals surface area contributed by atoms with Crippen LogP contribution in [0, 0.1) is 5.92 Å². The first-order valence-corrected chi connectivity index (χ1v) is 16.9. The zero-order valence-corrected chi connectivity index (χ0v) is 25.5. The number of aromatic nitrogens is 1.